The van der Waals surface area contributed by atoms with Gasteiger partial charge in [-0.3, -0.25) is 4.79 Å². The van der Waals surface area contributed by atoms with Gasteiger partial charge in [-0.25, -0.2) is 9.78 Å². The number of pyridine rings is 1. The molecule has 1 aliphatic rings. The third kappa shape index (κ3) is 2.47. The van der Waals surface area contributed by atoms with Crippen molar-refractivity contribution in [2.24, 2.45) is 0 Å². The van der Waals surface area contributed by atoms with Gasteiger partial charge in [0.15, 0.2) is 0 Å². The maximum atomic E-state index is 11.2. The molecule has 1 fully saturated rings. The topological polar surface area (TPSA) is 82.5 Å². The first-order chi connectivity index (χ1) is 8.08. The van der Waals surface area contributed by atoms with E-state index in [0.29, 0.717) is 18.9 Å². The standard InChI is InChI=1S/C10H10ClN3O3/c11-7-4-13-8(3-6(7)10(16)17)14-2-1-12-9(15)5-14/h3-4H,1-2,5H2,(H,12,15)(H,16,17). The highest BCUT2D eigenvalue weighted by atomic mass is 35.5. The van der Waals surface area contributed by atoms with Crippen LogP contribution < -0.4 is 10.2 Å². The molecule has 6 nitrogen and oxygen atoms in total. The molecule has 0 aromatic carbocycles. The van der Waals surface area contributed by atoms with Crippen LogP contribution in [-0.2, 0) is 4.79 Å². The molecule has 0 aliphatic carbocycles. The summed E-state index contributed by atoms with van der Waals surface area (Å²) < 4.78 is 0. The molecule has 1 amide bonds. The van der Waals surface area contributed by atoms with Crippen molar-refractivity contribution in [3.05, 3.63) is 22.8 Å². The van der Waals surface area contributed by atoms with Gasteiger partial charge in [-0.2, -0.15) is 0 Å². The molecule has 1 aromatic heterocycles. The van der Waals surface area contributed by atoms with Gasteiger partial charge < -0.3 is 15.3 Å². The summed E-state index contributed by atoms with van der Waals surface area (Å²) in [5, 5.41) is 11.7. The summed E-state index contributed by atoms with van der Waals surface area (Å²) in [7, 11) is 0. The summed E-state index contributed by atoms with van der Waals surface area (Å²) in [4.78, 5) is 27.9. The summed E-state index contributed by atoms with van der Waals surface area (Å²) >= 11 is 5.72. The summed E-state index contributed by atoms with van der Waals surface area (Å²) in [5.41, 5.74) is -0.0114. The largest absolute Gasteiger partial charge is 0.478 e. The fourth-order valence-electron chi connectivity index (χ4n) is 1.60. The van der Waals surface area contributed by atoms with Gasteiger partial charge in [-0.15, -0.1) is 0 Å². The molecule has 0 unspecified atom stereocenters. The van der Waals surface area contributed by atoms with E-state index in [-0.39, 0.29) is 23.0 Å². The van der Waals surface area contributed by atoms with Crippen LogP contribution >= 0.6 is 11.6 Å². The van der Waals surface area contributed by atoms with Crippen molar-refractivity contribution in [2.75, 3.05) is 24.5 Å². The zero-order valence-corrected chi connectivity index (χ0v) is 9.57. The van der Waals surface area contributed by atoms with Gasteiger partial charge in [0.25, 0.3) is 0 Å². The number of aromatic nitrogens is 1. The predicted octanol–water partition coefficient (Wildman–Crippen LogP) is 0.369. The van der Waals surface area contributed by atoms with Crippen LogP contribution in [-0.4, -0.2) is 41.6 Å². The molecule has 0 spiro atoms. The smallest absolute Gasteiger partial charge is 0.337 e. The fourth-order valence-corrected chi connectivity index (χ4v) is 1.78. The second kappa shape index (κ2) is 4.58. The summed E-state index contributed by atoms with van der Waals surface area (Å²) in [6.45, 7) is 1.29. The number of carbonyl (C=O) groups is 2. The van der Waals surface area contributed by atoms with Gasteiger partial charge in [-0.1, -0.05) is 11.6 Å². The van der Waals surface area contributed by atoms with Crippen LogP contribution in [0.1, 0.15) is 10.4 Å². The van der Waals surface area contributed by atoms with Crippen LogP contribution in [0.25, 0.3) is 0 Å². The lowest BCUT2D eigenvalue weighted by atomic mass is 10.2. The third-order valence-corrected chi connectivity index (χ3v) is 2.73. The lowest BCUT2D eigenvalue weighted by molar-refractivity contribution is -0.120. The maximum absolute atomic E-state index is 11.2. The van der Waals surface area contributed by atoms with E-state index in [1.165, 1.54) is 12.3 Å². The molecule has 17 heavy (non-hydrogen) atoms. The predicted molar refractivity (Wildman–Crippen MR) is 61.4 cm³/mol. The number of rotatable bonds is 2. The van der Waals surface area contributed by atoms with E-state index in [1.54, 1.807) is 4.90 Å². The maximum Gasteiger partial charge on any atom is 0.337 e. The number of piperazine rings is 1. The second-order valence-corrected chi connectivity index (χ2v) is 4.01. The Morgan fingerprint density at radius 1 is 1.59 bits per heavy atom. The minimum Gasteiger partial charge on any atom is -0.478 e. The number of halogens is 1. The number of carboxylic acids is 1. The minimum absolute atomic E-state index is 0.0114. The zero-order chi connectivity index (χ0) is 12.4. The number of carboxylic acid groups (broad SMARTS) is 1. The Balaban J connectivity index is 2.29. The highest BCUT2D eigenvalue weighted by molar-refractivity contribution is 6.33. The van der Waals surface area contributed by atoms with Crippen molar-refractivity contribution < 1.29 is 14.7 Å². The lowest BCUT2D eigenvalue weighted by Crippen LogP contribution is -2.48. The Hall–Kier alpha value is -1.82. The second-order valence-electron chi connectivity index (χ2n) is 3.60. The zero-order valence-electron chi connectivity index (χ0n) is 8.81. The van der Waals surface area contributed by atoms with Crippen LogP contribution in [0.3, 0.4) is 0 Å². The first-order valence-corrected chi connectivity index (χ1v) is 5.36. The average Bonchev–Trinajstić information content (AvgIpc) is 2.29. The Morgan fingerprint density at radius 2 is 2.35 bits per heavy atom. The molecule has 0 bridgehead atoms. The number of hydrogen-bond donors (Lipinski definition) is 2. The third-order valence-electron chi connectivity index (χ3n) is 2.43. The van der Waals surface area contributed by atoms with Crippen molar-refractivity contribution in [1.82, 2.24) is 10.3 Å². The van der Waals surface area contributed by atoms with E-state index in [9.17, 15) is 9.59 Å². The molecule has 7 heteroatoms. The van der Waals surface area contributed by atoms with Crippen molar-refractivity contribution >= 4 is 29.3 Å². The molecule has 2 rings (SSSR count). The quantitative estimate of drug-likeness (QED) is 0.798. The SMILES string of the molecule is O=C1CN(c2cc(C(=O)O)c(Cl)cn2)CCN1. The molecular weight excluding hydrogens is 246 g/mol. The summed E-state index contributed by atoms with van der Waals surface area (Å²) in [5.74, 6) is -0.772. The van der Waals surface area contributed by atoms with E-state index in [2.05, 4.69) is 10.3 Å². The van der Waals surface area contributed by atoms with E-state index >= 15 is 0 Å². The summed E-state index contributed by atoms with van der Waals surface area (Å²) in [6.07, 6.45) is 1.28. The Morgan fingerprint density at radius 3 is 3.00 bits per heavy atom. The van der Waals surface area contributed by atoms with Crippen LogP contribution in [0.2, 0.25) is 5.02 Å². The van der Waals surface area contributed by atoms with Gasteiger partial charge in [0.05, 0.1) is 17.1 Å². The fraction of sp³-hybridized carbons (Fsp3) is 0.300. The number of hydrogen-bond acceptors (Lipinski definition) is 4. The highest BCUT2D eigenvalue weighted by Crippen LogP contribution is 2.20. The minimum atomic E-state index is -1.11. The van der Waals surface area contributed by atoms with Gasteiger partial charge in [-0.05, 0) is 6.07 Å². The number of nitrogens with one attached hydrogen (secondary N) is 1. The van der Waals surface area contributed by atoms with E-state index in [1.807, 2.05) is 0 Å². The van der Waals surface area contributed by atoms with Crippen LogP contribution in [0.4, 0.5) is 5.82 Å². The molecule has 2 heterocycles. The first-order valence-electron chi connectivity index (χ1n) is 4.98. The van der Waals surface area contributed by atoms with Crippen LogP contribution in [0, 0.1) is 0 Å². The molecule has 1 saturated heterocycles. The Kier molecular flexibility index (Phi) is 3.14. The summed E-state index contributed by atoms with van der Waals surface area (Å²) in [6, 6.07) is 1.38. The van der Waals surface area contributed by atoms with E-state index in [0.717, 1.165) is 0 Å². The van der Waals surface area contributed by atoms with Gasteiger partial charge in [0, 0.05) is 19.3 Å². The van der Waals surface area contributed by atoms with Gasteiger partial charge >= 0.3 is 5.97 Å². The number of carbonyl (C=O) groups excluding carboxylic acids is 1. The molecule has 0 atom stereocenters. The Labute approximate surface area is 102 Å². The van der Waals surface area contributed by atoms with E-state index in [4.69, 9.17) is 16.7 Å². The van der Waals surface area contributed by atoms with Gasteiger partial charge in [0.1, 0.15) is 5.82 Å². The first kappa shape index (κ1) is 11.7. The molecule has 1 aliphatic heterocycles. The molecule has 2 N–H and O–H groups in total. The number of aromatic carboxylic acids is 1. The number of nitrogens with zero attached hydrogens (tertiary/aromatic N) is 2. The van der Waals surface area contributed by atoms with Gasteiger partial charge in [0.2, 0.25) is 5.91 Å². The number of anilines is 1. The molecule has 0 radical (unpaired) electrons. The number of amides is 1. The highest BCUT2D eigenvalue weighted by Gasteiger charge is 2.19. The van der Waals surface area contributed by atoms with Crippen molar-refractivity contribution in [2.45, 2.75) is 0 Å². The molecular formula is C10H10ClN3O3. The Bertz CT molecular complexity index is 478. The average molecular weight is 256 g/mol. The van der Waals surface area contributed by atoms with Crippen LogP contribution in [0.5, 0.6) is 0 Å². The molecule has 1 aromatic rings. The van der Waals surface area contributed by atoms with Crippen molar-refractivity contribution in [3.8, 4) is 0 Å². The van der Waals surface area contributed by atoms with Crippen LogP contribution in [0.15, 0.2) is 12.3 Å². The van der Waals surface area contributed by atoms with Crippen molar-refractivity contribution in [3.63, 3.8) is 0 Å². The van der Waals surface area contributed by atoms with Crippen molar-refractivity contribution in [1.29, 1.82) is 0 Å². The molecule has 0 saturated carbocycles. The monoisotopic (exact) mass is 255 g/mol. The molecule has 90 valence electrons. The lowest BCUT2D eigenvalue weighted by Gasteiger charge is -2.27. The van der Waals surface area contributed by atoms with E-state index < -0.39 is 5.97 Å². The normalized spacial score (nSPS) is 15.6.